The van der Waals surface area contributed by atoms with E-state index >= 15 is 0 Å². The molecule has 3 aromatic rings. The molecule has 1 fully saturated rings. The topological polar surface area (TPSA) is 62.3 Å². The predicted molar refractivity (Wildman–Crippen MR) is 118 cm³/mol. The predicted octanol–water partition coefficient (Wildman–Crippen LogP) is 5.03. The van der Waals surface area contributed by atoms with Gasteiger partial charge in [0, 0.05) is 22.4 Å². The van der Waals surface area contributed by atoms with E-state index < -0.39 is 11.7 Å². The molecular formula is C22H19BrFN3O2S. The number of carbonyl (C=O) groups excluding carboxylic acids is 2. The molecule has 2 amide bonds. The lowest BCUT2D eigenvalue weighted by atomic mass is 10.2. The summed E-state index contributed by atoms with van der Waals surface area (Å²) >= 11 is 4.69. The van der Waals surface area contributed by atoms with E-state index in [1.165, 1.54) is 29.5 Å². The van der Waals surface area contributed by atoms with Gasteiger partial charge in [0.2, 0.25) is 5.91 Å². The minimum absolute atomic E-state index is 0.00903. The van der Waals surface area contributed by atoms with Gasteiger partial charge >= 0.3 is 0 Å². The SMILES string of the molecule is O=C(Nc1nc(CC(=O)N(Cc2cccc(Br)c2)C2CC2)cs1)c1ccccc1F. The van der Waals surface area contributed by atoms with E-state index in [1.807, 2.05) is 29.2 Å². The van der Waals surface area contributed by atoms with Crippen LogP contribution in [-0.4, -0.2) is 27.7 Å². The average molecular weight is 488 g/mol. The summed E-state index contributed by atoms with van der Waals surface area (Å²) in [6.45, 7) is 0.559. The highest BCUT2D eigenvalue weighted by Crippen LogP contribution is 2.30. The maximum Gasteiger partial charge on any atom is 0.260 e. The lowest BCUT2D eigenvalue weighted by Crippen LogP contribution is -2.33. The van der Waals surface area contributed by atoms with Gasteiger partial charge in [0.15, 0.2) is 5.13 Å². The Labute approximate surface area is 186 Å². The molecule has 1 aliphatic rings. The Morgan fingerprint density at radius 1 is 1.20 bits per heavy atom. The molecule has 154 valence electrons. The largest absolute Gasteiger partial charge is 0.335 e. The Morgan fingerprint density at radius 3 is 2.73 bits per heavy atom. The fourth-order valence-electron chi connectivity index (χ4n) is 3.15. The quantitative estimate of drug-likeness (QED) is 0.508. The molecule has 0 aliphatic heterocycles. The lowest BCUT2D eigenvalue weighted by Gasteiger charge is -2.22. The number of nitrogens with zero attached hydrogens (tertiary/aromatic N) is 2. The Bertz CT molecular complexity index is 1080. The van der Waals surface area contributed by atoms with Gasteiger partial charge in [-0.3, -0.25) is 14.9 Å². The number of hydrogen-bond donors (Lipinski definition) is 1. The first-order valence-electron chi connectivity index (χ1n) is 9.54. The highest BCUT2D eigenvalue weighted by molar-refractivity contribution is 9.10. The normalized spacial score (nSPS) is 13.1. The van der Waals surface area contributed by atoms with E-state index in [2.05, 4.69) is 26.2 Å². The van der Waals surface area contributed by atoms with Gasteiger partial charge in [-0.15, -0.1) is 11.3 Å². The smallest absolute Gasteiger partial charge is 0.260 e. The van der Waals surface area contributed by atoms with Crippen LogP contribution in [0.4, 0.5) is 9.52 Å². The van der Waals surface area contributed by atoms with Crippen LogP contribution in [0.1, 0.15) is 34.5 Å². The monoisotopic (exact) mass is 487 g/mol. The van der Waals surface area contributed by atoms with Crippen molar-refractivity contribution in [2.24, 2.45) is 0 Å². The molecule has 30 heavy (non-hydrogen) atoms. The van der Waals surface area contributed by atoms with Crippen LogP contribution in [0.3, 0.4) is 0 Å². The van der Waals surface area contributed by atoms with E-state index in [4.69, 9.17) is 0 Å². The highest BCUT2D eigenvalue weighted by Gasteiger charge is 2.32. The summed E-state index contributed by atoms with van der Waals surface area (Å²) < 4.78 is 14.7. The number of halogens is 2. The van der Waals surface area contributed by atoms with Crippen molar-refractivity contribution >= 4 is 44.2 Å². The Balaban J connectivity index is 1.40. The molecule has 8 heteroatoms. The van der Waals surface area contributed by atoms with Crippen LogP contribution < -0.4 is 5.32 Å². The van der Waals surface area contributed by atoms with Crippen LogP contribution in [-0.2, 0) is 17.8 Å². The van der Waals surface area contributed by atoms with Gasteiger partial charge in [-0.2, -0.15) is 0 Å². The van der Waals surface area contributed by atoms with Crippen molar-refractivity contribution in [2.45, 2.75) is 31.8 Å². The van der Waals surface area contributed by atoms with Crippen LogP contribution in [0.15, 0.2) is 58.4 Å². The third kappa shape index (κ3) is 5.12. The van der Waals surface area contributed by atoms with Gasteiger partial charge in [0.1, 0.15) is 5.82 Å². The number of anilines is 1. The minimum atomic E-state index is -0.588. The zero-order chi connectivity index (χ0) is 21.1. The average Bonchev–Trinajstić information content (AvgIpc) is 3.47. The summed E-state index contributed by atoms with van der Waals surface area (Å²) in [6.07, 6.45) is 2.19. The molecule has 1 aromatic heterocycles. The lowest BCUT2D eigenvalue weighted by molar-refractivity contribution is -0.131. The second-order valence-electron chi connectivity index (χ2n) is 7.14. The number of nitrogens with one attached hydrogen (secondary N) is 1. The van der Waals surface area contributed by atoms with Crippen molar-refractivity contribution in [1.82, 2.24) is 9.88 Å². The fraction of sp³-hybridized carbons (Fsp3) is 0.227. The van der Waals surface area contributed by atoms with Crippen molar-refractivity contribution in [3.8, 4) is 0 Å². The van der Waals surface area contributed by atoms with Gasteiger partial charge in [-0.25, -0.2) is 9.37 Å². The standard InChI is InChI=1S/C22H19BrFN3O2S/c23-15-5-3-4-14(10-15)12-27(17-8-9-17)20(28)11-16-13-30-22(25-16)26-21(29)18-6-1-2-7-19(18)24/h1-7,10,13,17H,8-9,11-12H2,(H,25,26,29). The second kappa shape index (κ2) is 9.06. The molecule has 5 nitrogen and oxygen atoms in total. The van der Waals surface area contributed by atoms with E-state index in [-0.39, 0.29) is 23.9 Å². The van der Waals surface area contributed by atoms with Crippen molar-refractivity contribution < 1.29 is 14.0 Å². The van der Waals surface area contributed by atoms with E-state index in [9.17, 15) is 14.0 Å². The van der Waals surface area contributed by atoms with E-state index in [1.54, 1.807) is 11.4 Å². The molecule has 0 atom stereocenters. The number of benzene rings is 2. The Morgan fingerprint density at radius 2 is 2.00 bits per heavy atom. The summed E-state index contributed by atoms with van der Waals surface area (Å²) in [5, 5.41) is 4.69. The third-order valence-corrected chi connectivity index (χ3v) is 6.07. The Hall–Kier alpha value is -2.58. The van der Waals surface area contributed by atoms with Crippen molar-refractivity contribution in [3.05, 3.63) is 81.0 Å². The van der Waals surface area contributed by atoms with Gasteiger partial charge in [0.05, 0.1) is 17.7 Å². The number of rotatable bonds is 7. The van der Waals surface area contributed by atoms with Crippen molar-refractivity contribution in [2.75, 3.05) is 5.32 Å². The Kier molecular flexibility index (Phi) is 6.24. The number of hydrogen-bond acceptors (Lipinski definition) is 4. The minimum Gasteiger partial charge on any atom is -0.335 e. The van der Waals surface area contributed by atoms with Crippen LogP contribution in [0, 0.1) is 5.82 Å². The molecule has 0 saturated heterocycles. The number of carbonyl (C=O) groups is 2. The molecule has 0 spiro atoms. The molecule has 0 unspecified atom stereocenters. The molecule has 0 radical (unpaired) electrons. The molecule has 1 N–H and O–H groups in total. The van der Waals surface area contributed by atoms with Crippen LogP contribution in [0.2, 0.25) is 0 Å². The fourth-order valence-corrected chi connectivity index (χ4v) is 4.30. The van der Waals surface area contributed by atoms with E-state index in [0.717, 1.165) is 22.9 Å². The van der Waals surface area contributed by atoms with Crippen LogP contribution in [0.25, 0.3) is 0 Å². The molecule has 1 saturated carbocycles. The number of thiazole rings is 1. The van der Waals surface area contributed by atoms with Crippen LogP contribution in [0.5, 0.6) is 0 Å². The van der Waals surface area contributed by atoms with Gasteiger partial charge in [-0.1, -0.05) is 40.2 Å². The summed E-state index contributed by atoms with van der Waals surface area (Å²) in [5.41, 5.74) is 1.62. The van der Waals surface area contributed by atoms with Gasteiger partial charge < -0.3 is 4.90 Å². The zero-order valence-corrected chi connectivity index (χ0v) is 18.4. The first-order valence-corrected chi connectivity index (χ1v) is 11.2. The number of aromatic nitrogens is 1. The van der Waals surface area contributed by atoms with Crippen molar-refractivity contribution in [3.63, 3.8) is 0 Å². The zero-order valence-electron chi connectivity index (χ0n) is 16.0. The maximum atomic E-state index is 13.8. The molecule has 2 aromatic carbocycles. The van der Waals surface area contributed by atoms with Gasteiger partial charge in [0.25, 0.3) is 5.91 Å². The first-order chi connectivity index (χ1) is 14.5. The summed E-state index contributed by atoms with van der Waals surface area (Å²) in [6, 6.07) is 14.0. The first kappa shape index (κ1) is 20.7. The summed E-state index contributed by atoms with van der Waals surface area (Å²) in [7, 11) is 0. The van der Waals surface area contributed by atoms with E-state index in [0.29, 0.717) is 17.4 Å². The van der Waals surface area contributed by atoms with Crippen molar-refractivity contribution in [1.29, 1.82) is 0 Å². The van der Waals surface area contributed by atoms with Gasteiger partial charge in [-0.05, 0) is 42.7 Å². The summed E-state index contributed by atoms with van der Waals surface area (Å²) in [4.78, 5) is 31.4. The van der Waals surface area contributed by atoms with Crippen LogP contribution >= 0.6 is 27.3 Å². The number of amides is 2. The second-order valence-corrected chi connectivity index (χ2v) is 8.91. The molecule has 0 bridgehead atoms. The summed E-state index contributed by atoms with van der Waals surface area (Å²) in [5.74, 6) is -1.14. The third-order valence-electron chi connectivity index (χ3n) is 4.77. The molecule has 1 aliphatic carbocycles. The molecule has 1 heterocycles. The maximum absolute atomic E-state index is 13.8. The molecular weight excluding hydrogens is 469 g/mol. The highest BCUT2D eigenvalue weighted by atomic mass is 79.9. The molecule has 4 rings (SSSR count).